The summed E-state index contributed by atoms with van der Waals surface area (Å²) >= 11 is 0. The summed E-state index contributed by atoms with van der Waals surface area (Å²) in [5.41, 5.74) is 11.6. The number of benzene rings is 6. The minimum atomic E-state index is -0.987. The van der Waals surface area contributed by atoms with Crippen molar-refractivity contribution in [2.75, 3.05) is 0 Å². The van der Waals surface area contributed by atoms with Gasteiger partial charge in [0.1, 0.15) is 52.8 Å². The number of para-hydroxylation sites is 2. The fourth-order valence-electron chi connectivity index (χ4n) is 6.55. The molecule has 0 aliphatic carbocycles. The number of nitriles is 3. The number of aromatic carboxylic acids is 2. The first-order valence-electron chi connectivity index (χ1n) is 22.7. The summed E-state index contributed by atoms with van der Waals surface area (Å²) < 4.78 is 23.6. The van der Waals surface area contributed by atoms with Crippen molar-refractivity contribution in [1.29, 1.82) is 15.8 Å². The zero-order valence-corrected chi connectivity index (χ0v) is 41.4. The number of aromatic nitrogens is 2. The fourth-order valence-corrected chi connectivity index (χ4v) is 6.55. The average Bonchev–Trinajstić information content (AvgIpc) is 3.40. The van der Waals surface area contributed by atoms with Crippen molar-refractivity contribution in [2.45, 2.75) is 40.8 Å². The number of hydrogen-bond donors (Lipinski definition) is 7. The molecule has 0 saturated carbocycles. The molecule has 0 spiro atoms. The molecule has 0 atom stereocenters. The molecule has 1 amide bonds. The number of phenolic OH excluding ortho intramolecular Hbond substituents is 1. The lowest BCUT2D eigenvalue weighted by molar-refractivity contribution is 0.0686. The van der Waals surface area contributed by atoms with Gasteiger partial charge in [0, 0.05) is 41.2 Å². The van der Waals surface area contributed by atoms with Crippen LogP contribution in [0.4, 0.5) is 4.39 Å². The van der Waals surface area contributed by atoms with E-state index in [4.69, 9.17) is 46.3 Å². The first-order chi connectivity index (χ1) is 36.4. The number of hydrogen-bond acceptors (Lipinski definition) is 12. The Balaban J connectivity index is 0.000000222. The van der Waals surface area contributed by atoms with Crippen LogP contribution in [-0.4, -0.2) is 43.1 Å². The van der Waals surface area contributed by atoms with Crippen LogP contribution in [0.1, 0.15) is 81.4 Å². The van der Waals surface area contributed by atoms with Gasteiger partial charge in [-0.05, 0) is 160 Å². The van der Waals surface area contributed by atoms with Crippen molar-refractivity contribution in [2.24, 2.45) is 5.73 Å². The summed E-state index contributed by atoms with van der Waals surface area (Å²) in [6.07, 6.45) is 0. The topological polar surface area (TPSA) is 306 Å². The number of nitrogens with two attached hydrogens (primary N) is 1. The lowest BCUT2D eigenvalue weighted by Gasteiger charge is -2.10. The summed E-state index contributed by atoms with van der Waals surface area (Å²) in [5.74, 6) is -0.737. The van der Waals surface area contributed by atoms with Crippen LogP contribution in [0.2, 0.25) is 0 Å². The largest absolute Gasteiger partial charge is 0.508 e. The van der Waals surface area contributed by atoms with Crippen molar-refractivity contribution in [3.63, 3.8) is 0 Å². The minimum absolute atomic E-state index is 0.0648. The maximum Gasteiger partial charge on any atom is 0.335 e. The first-order valence-corrected chi connectivity index (χ1v) is 22.7. The van der Waals surface area contributed by atoms with Crippen molar-refractivity contribution in [1.82, 2.24) is 15.3 Å². The molecule has 0 aliphatic rings. The summed E-state index contributed by atoms with van der Waals surface area (Å²) in [7, 11) is 0. The van der Waals surface area contributed by atoms with Crippen LogP contribution >= 0.6 is 0 Å². The molecular formula is C58H50FN7O10. The second-order valence-electron chi connectivity index (χ2n) is 16.0. The molecule has 0 radical (unpaired) electrons. The maximum atomic E-state index is 12.4. The van der Waals surface area contributed by atoms with Crippen LogP contribution in [0.3, 0.4) is 0 Å². The summed E-state index contributed by atoms with van der Waals surface area (Å²) in [5, 5.41) is 54.9. The maximum absolute atomic E-state index is 12.4. The number of carbonyl (C=O) groups is 3. The lowest BCUT2D eigenvalue weighted by atomic mass is 10.1. The van der Waals surface area contributed by atoms with E-state index in [1.807, 2.05) is 45.9 Å². The third-order valence-corrected chi connectivity index (χ3v) is 10.4. The number of rotatable bonds is 10. The number of nitrogens with zero attached hydrogens (tertiary/aromatic N) is 3. The zero-order valence-electron chi connectivity index (χ0n) is 41.4. The van der Waals surface area contributed by atoms with E-state index in [0.29, 0.717) is 57.4 Å². The van der Waals surface area contributed by atoms with Crippen LogP contribution in [0, 0.1) is 67.5 Å². The number of halogens is 1. The Hall–Kier alpha value is -10.6. The Labute approximate surface area is 435 Å². The molecule has 0 saturated heterocycles. The molecule has 2 heterocycles. The van der Waals surface area contributed by atoms with E-state index in [1.165, 1.54) is 48.5 Å². The zero-order chi connectivity index (χ0) is 55.7. The van der Waals surface area contributed by atoms with E-state index in [9.17, 15) is 28.4 Å². The number of carboxylic acids is 2. The van der Waals surface area contributed by atoms with Gasteiger partial charge in [-0.25, -0.2) is 14.0 Å². The van der Waals surface area contributed by atoms with Gasteiger partial charge in [0.2, 0.25) is 0 Å². The van der Waals surface area contributed by atoms with E-state index in [1.54, 1.807) is 103 Å². The molecule has 18 heteroatoms. The second-order valence-corrected chi connectivity index (χ2v) is 16.0. The van der Waals surface area contributed by atoms with Crippen molar-refractivity contribution in [3.05, 3.63) is 251 Å². The number of nitrogens with one attached hydrogen (secondary N) is 3. The third-order valence-electron chi connectivity index (χ3n) is 10.4. The number of aryl methyl sites for hydroxylation is 4. The van der Waals surface area contributed by atoms with Gasteiger partial charge in [-0.15, -0.1) is 0 Å². The van der Waals surface area contributed by atoms with Crippen LogP contribution in [0.25, 0.3) is 0 Å². The van der Waals surface area contributed by atoms with Gasteiger partial charge in [-0.2, -0.15) is 15.8 Å². The van der Waals surface area contributed by atoms with Gasteiger partial charge in [0.15, 0.2) is 0 Å². The van der Waals surface area contributed by atoms with Gasteiger partial charge in [0.05, 0.1) is 27.8 Å². The van der Waals surface area contributed by atoms with Crippen LogP contribution in [0.15, 0.2) is 167 Å². The lowest BCUT2D eigenvalue weighted by Crippen LogP contribution is -2.27. The molecule has 8 aromatic rings. The van der Waals surface area contributed by atoms with Gasteiger partial charge < -0.3 is 45.8 Å². The first kappa shape index (κ1) is 58.0. The molecular weight excluding hydrogens is 974 g/mol. The molecule has 0 bridgehead atoms. The number of ether oxygens (including phenoxy) is 2. The van der Waals surface area contributed by atoms with Gasteiger partial charge in [-0.3, -0.25) is 14.4 Å². The summed E-state index contributed by atoms with van der Waals surface area (Å²) in [6.45, 7) is 7.86. The predicted molar refractivity (Wildman–Crippen MR) is 281 cm³/mol. The standard InChI is InChI=1S/C22H19N3O3.C14H9NO3.C8H12N2O.C7H4FN.C7H6O3/c1-14-11-15(2)25-22(27)19(14)13-24-21(26)16-7-9-18(10-8-16)28-20-6-4-3-5-17(20)12-23;15-9-11-3-1-2-4-13(11)18-12-7-5-10(6-8-12)14(16)17;1-5-3-6(2)10-8(11)7(5)4-9;8-7-4-2-1-3-6(7)5-9;8-6-3-1-5(2-4-6)7(9)10/h3-11H,13H2,1-2H3,(H,24,26)(H,25,27);1-8H,(H,16,17);3H,4,9H2,1-2H3,(H,10,11);1-4H;1-4,8H,(H,9,10). The molecule has 17 nitrogen and oxygen atoms in total. The number of carbonyl (C=O) groups excluding carboxylic acids is 1. The molecule has 384 valence electrons. The van der Waals surface area contributed by atoms with Crippen LogP contribution in [0.5, 0.6) is 28.7 Å². The fraction of sp³-hybridized carbons (Fsp3) is 0.103. The van der Waals surface area contributed by atoms with Crippen LogP contribution in [-0.2, 0) is 13.1 Å². The van der Waals surface area contributed by atoms with Crippen molar-refractivity contribution < 1.29 is 43.6 Å². The summed E-state index contributed by atoms with van der Waals surface area (Å²) in [6, 6.07) is 47.2. The number of carboxylic acid groups (broad SMARTS) is 2. The van der Waals surface area contributed by atoms with Crippen molar-refractivity contribution in [3.8, 4) is 47.0 Å². The Morgan fingerprint density at radius 1 is 0.566 bits per heavy atom. The Kier molecular flexibility index (Phi) is 22.1. The van der Waals surface area contributed by atoms with E-state index < -0.39 is 17.8 Å². The molecule has 8 N–H and O–H groups in total. The number of H-pyrrole nitrogens is 2. The number of aromatic hydroxyl groups is 1. The summed E-state index contributed by atoms with van der Waals surface area (Å²) in [4.78, 5) is 61.9. The molecule has 0 fully saturated rings. The van der Waals surface area contributed by atoms with Gasteiger partial charge >= 0.3 is 11.9 Å². The molecule has 0 aliphatic heterocycles. The number of phenols is 1. The van der Waals surface area contributed by atoms with Gasteiger partial charge in [-0.1, -0.05) is 36.4 Å². The number of pyridine rings is 2. The molecule has 2 aromatic heterocycles. The highest BCUT2D eigenvalue weighted by Gasteiger charge is 2.11. The van der Waals surface area contributed by atoms with E-state index in [-0.39, 0.29) is 46.0 Å². The highest BCUT2D eigenvalue weighted by Crippen LogP contribution is 2.26. The monoisotopic (exact) mass is 1020 g/mol. The van der Waals surface area contributed by atoms with Crippen molar-refractivity contribution >= 4 is 17.8 Å². The molecule has 0 unspecified atom stereocenters. The van der Waals surface area contributed by atoms with Crippen LogP contribution < -0.4 is 31.6 Å². The van der Waals surface area contributed by atoms with E-state index >= 15 is 0 Å². The Morgan fingerprint density at radius 3 is 1.33 bits per heavy atom. The number of amides is 1. The molecule has 76 heavy (non-hydrogen) atoms. The second kappa shape index (κ2) is 29.0. The number of aromatic amines is 2. The minimum Gasteiger partial charge on any atom is -0.508 e. The highest BCUT2D eigenvalue weighted by molar-refractivity contribution is 5.94. The Bertz CT molecular complexity index is 3540. The van der Waals surface area contributed by atoms with E-state index in [0.717, 1.165) is 22.5 Å². The molecule has 6 aromatic carbocycles. The average molecular weight is 1020 g/mol. The molecule has 8 rings (SSSR count). The normalized spacial score (nSPS) is 9.67. The predicted octanol–water partition coefficient (Wildman–Crippen LogP) is 9.87. The van der Waals surface area contributed by atoms with Gasteiger partial charge in [0.25, 0.3) is 17.0 Å². The SMILES string of the molecule is Cc1cc(C)c(CN)c(=O)[nH]1.Cc1cc(C)c(CNC(=O)c2ccc(Oc3ccccc3C#N)cc2)c(=O)[nH]1.N#Cc1ccccc1F.N#Cc1ccccc1Oc1ccc(C(=O)O)cc1.O=C(O)c1ccc(O)cc1. The Morgan fingerprint density at radius 2 is 0.947 bits per heavy atom. The smallest absolute Gasteiger partial charge is 0.335 e. The van der Waals surface area contributed by atoms with E-state index in [2.05, 4.69) is 21.4 Å². The quantitative estimate of drug-likeness (QED) is 0.0671. The highest BCUT2D eigenvalue weighted by atomic mass is 19.1. The third kappa shape index (κ3) is 17.9.